The molecule has 0 spiro atoms. The summed E-state index contributed by atoms with van der Waals surface area (Å²) < 4.78 is 10.2. The Morgan fingerprint density at radius 2 is 2.15 bits per heavy atom. The van der Waals surface area contributed by atoms with Crippen molar-refractivity contribution < 1.29 is 19.1 Å². The third-order valence-electron chi connectivity index (χ3n) is 1.71. The third kappa shape index (κ3) is 3.71. The fourth-order valence-corrected chi connectivity index (χ4v) is 1.06. The van der Waals surface area contributed by atoms with E-state index >= 15 is 0 Å². The van der Waals surface area contributed by atoms with E-state index < -0.39 is 0 Å². The van der Waals surface area contributed by atoms with Crippen molar-refractivity contribution in [1.29, 1.82) is 0 Å². The predicted octanol–water partition coefficient (Wildman–Crippen LogP) is -0.188. The Hall–Kier alpha value is -0.650. The van der Waals surface area contributed by atoms with Gasteiger partial charge in [0.2, 0.25) is 0 Å². The molecule has 0 amide bonds. The van der Waals surface area contributed by atoms with Crippen molar-refractivity contribution in [2.75, 3.05) is 33.4 Å². The molecule has 0 aromatic heterocycles. The monoisotopic (exact) mass is 189 g/mol. The predicted molar refractivity (Wildman–Crippen MR) is 45.0 cm³/mol. The van der Waals surface area contributed by atoms with Crippen LogP contribution in [0.3, 0.4) is 0 Å². The molecule has 5 heteroatoms. The van der Waals surface area contributed by atoms with Gasteiger partial charge in [-0.2, -0.15) is 0 Å². The van der Waals surface area contributed by atoms with Gasteiger partial charge in [0.25, 0.3) is 0 Å². The second-order valence-corrected chi connectivity index (χ2v) is 2.92. The number of hydrogen-bond acceptors (Lipinski definition) is 5. The molecule has 1 rings (SSSR count). The molecule has 1 heterocycles. The topological polar surface area (TPSA) is 48.0 Å². The maximum Gasteiger partial charge on any atom is 0.322 e. The number of carbonyl (C=O) groups excluding carboxylic acids is 1. The lowest BCUT2D eigenvalue weighted by molar-refractivity contribution is -0.236. The summed E-state index contributed by atoms with van der Waals surface area (Å²) >= 11 is 0. The lowest BCUT2D eigenvalue weighted by atomic mass is 10.2. The highest BCUT2D eigenvalue weighted by Crippen LogP contribution is 2.11. The Labute approximate surface area is 77.5 Å². The third-order valence-corrected chi connectivity index (χ3v) is 1.71. The quantitative estimate of drug-likeness (QED) is 0.561. The van der Waals surface area contributed by atoms with Crippen LogP contribution < -0.4 is 0 Å². The van der Waals surface area contributed by atoms with Crippen molar-refractivity contribution in [1.82, 2.24) is 5.06 Å². The number of hydroxylamine groups is 2. The number of methoxy groups -OCH3 is 1. The largest absolute Gasteiger partial charge is 0.382 e. The number of ether oxygens (including phenoxy) is 2. The lowest BCUT2D eigenvalue weighted by Crippen LogP contribution is -2.52. The molecule has 1 fully saturated rings. The van der Waals surface area contributed by atoms with Crippen molar-refractivity contribution in [3.63, 3.8) is 0 Å². The molecule has 0 aromatic carbocycles. The molecule has 1 aliphatic rings. The fraction of sp³-hybridized carbons (Fsp3) is 0.875. The van der Waals surface area contributed by atoms with Gasteiger partial charge in [-0.05, 0) is 0 Å². The Kier molecular flexibility index (Phi) is 4.14. The van der Waals surface area contributed by atoms with Crippen molar-refractivity contribution >= 4 is 5.97 Å². The number of carbonyl (C=O) groups is 1. The molecule has 0 aliphatic carbocycles. The van der Waals surface area contributed by atoms with E-state index in [1.807, 2.05) is 0 Å². The first-order valence-corrected chi connectivity index (χ1v) is 4.26. The Bertz CT molecular complexity index is 168. The van der Waals surface area contributed by atoms with E-state index in [0.29, 0.717) is 26.3 Å². The van der Waals surface area contributed by atoms with Crippen molar-refractivity contribution in [3.05, 3.63) is 0 Å². The second-order valence-electron chi connectivity index (χ2n) is 2.92. The van der Waals surface area contributed by atoms with E-state index in [9.17, 15) is 4.79 Å². The molecule has 0 atom stereocenters. The molecule has 0 aromatic rings. The molecule has 1 saturated heterocycles. The van der Waals surface area contributed by atoms with Gasteiger partial charge in [-0.3, -0.25) is 4.79 Å². The number of nitrogens with zero attached hydrogens (tertiary/aromatic N) is 1. The van der Waals surface area contributed by atoms with Gasteiger partial charge >= 0.3 is 5.97 Å². The Morgan fingerprint density at radius 3 is 2.69 bits per heavy atom. The van der Waals surface area contributed by atoms with Gasteiger partial charge in [0.1, 0.15) is 0 Å². The first-order valence-electron chi connectivity index (χ1n) is 4.26. The van der Waals surface area contributed by atoms with Gasteiger partial charge in [-0.15, -0.1) is 5.06 Å². The molecule has 1 aliphatic heterocycles. The van der Waals surface area contributed by atoms with Crippen LogP contribution in [0.5, 0.6) is 0 Å². The smallest absolute Gasteiger partial charge is 0.322 e. The maximum atomic E-state index is 10.5. The van der Waals surface area contributed by atoms with Gasteiger partial charge < -0.3 is 14.3 Å². The summed E-state index contributed by atoms with van der Waals surface area (Å²) in [4.78, 5) is 15.3. The summed E-state index contributed by atoms with van der Waals surface area (Å²) in [6.45, 7) is 3.89. The van der Waals surface area contributed by atoms with E-state index in [1.165, 1.54) is 6.92 Å². The van der Waals surface area contributed by atoms with Gasteiger partial charge in [0.15, 0.2) is 0 Å². The summed E-state index contributed by atoms with van der Waals surface area (Å²) in [5.41, 5.74) is 0. The zero-order chi connectivity index (χ0) is 9.68. The highest BCUT2D eigenvalue weighted by molar-refractivity contribution is 5.65. The highest BCUT2D eigenvalue weighted by atomic mass is 16.7. The molecular formula is C8H15NO4. The Morgan fingerprint density at radius 1 is 1.46 bits per heavy atom. The molecular weight excluding hydrogens is 174 g/mol. The molecule has 0 radical (unpaired) electrons. The van der Waals surface area contributed by atoms with Crippen molar-refractivity contribution in [2.24, 2.45) is 0 Å². The number of rotatable bonds is 5. The lowest BCUT2D eigenvalue weighted by Gasteiger charge is -2.36. The highest BCUT2D eigenvalue weighted by Gasteiger charge is 2.29. The van der Waals surface area contributed by atoms with Crippen LogP contribution >= 0.6 is 0 Å². The minimum atomic E-state index is -0.282. The van der Waals surface area contributed by atoms with E-state index in [1.54, 1.807) is 12.2 Å². The zero-order valence-corrected chi connectivity index (χ0v) is 7.99. The molecule has 0 bridgehead atoms. The minimum Gasteiger partial charge on any atom is -0.382 e. The maximum absolute atomic E-state index is 10.5. The van der Waals surface area contributed by atoms with Crippen LogP contribution in [0.25, 0.3) is 0 Å². The van der Waals surface area contributed by atoms with Gasteiger partial charge in [0, 0.05) is 14.0 Å². The zero-order valence-electron chi connectivity index (χ0n) is 7.99. The Balaban J connectivity index is 1.95. The SMILES string of the molecule is COCCOC1CN(OC(C)=O)C1. The standard InChI is InChI=1S/C8H15NO4/c1-7(10)13-9-5-8(6-9)12-4-3-11-2/h8H,3-6H2,1-2H3. The van der Waals surface area contributed by atoms with Gasteiger partial charge in [0.05, 0.1) is 32.4 Å². The number of hydrogen-bond donors (Lipinski definition) is 0. The molecule has 13 heavy (non-hydrogen) atoms. The van der Waals surface area contributed by atoms with E-state index in [-0.39, 0.29) is 12.1 Å². The van der Waals surface area contributed by atoms with Gasteiger partial charge in [-0.1, -0.05) is 0 Å². The normalized spacial score (nSPS) is 18.3. The summed E-state index contributed by atoms with van der Waals surface area (Å²) in [7, 11) is 1.63. The van der Waals surface area contributed by atoms with Crippen LogP contribution in [0.15, 0.2) is 0 Å². The average molecular weight is 189 g/mol. The van der Waals surface area contributed by atoms with Crippen LogP contribution in [0, 0.1) is 0 Å². The molecule has 0 saturated carbocycles. The van der Waals surface area contributed by atoms with E-state index in [4.69, 9.17) is 14.3 Å². The molecule has 0 unspecified atom stereocenters. The van der Waals surface area contributed by atoms with Crippen LogP contribution in [0.1, 0.15) is 6.92 Å². The summed E-state index contributed by atoms with van der Waals surface area (Å²) in [5, 5.41) is 1.58. The average Bonchev–Trinajstić information content (AvgIpc) is 1.99. The fourth-order valence-electron chi connectivity index (χ4n) is 1.06. The van der Waals surface area contributed by atoms with Crippen molar-refractivity contribution in [3.8, 4) is 0 Å². The summed E-state index contributed by atoms with van der Waals surface area (Å²) in [5.74, 6) is -0.282. The van der Waals surface area contributed by atoms with Crippen LogP contribution in [-0.2, 0) is 19.1 Å². The second kappa shape index (κ2) is 5.16. The van der Waals surface area contributed by atoms with Gasteiger partial charge in [-0.25, -0.2) is 0 Å². The van der Waals surface area contributed by atoms with Crippen LogP contribution in [0.2, 0.25) is 0 Å². The first kappa shape index (κ1) is 10.4. The summed E-state index contributed by atoms with van der Waals surface area (Å²) in [6, 6.07) is 0. The van der Waals surface area contributed by atoms with Crippen LogP contribution in [-0.4, -0.2) is 50.5 Å². The molecule has 0 N–H and O–H groups in total. The minimum absolute atomic E-state index is 0.175. The first-order chi connectivity index (χ1) is 6.22. The van der Waals surface area contributed by atoms with E-state index in [2.05, 4.69) is 0 Å². The van der Waals surface area contributed by atoms with Crippen molar-refractivity contribution in [2.45, 2.75) is 13.0 Å². The molecule has 5 nitrogen and oxygen atoms in total. The summed E-state index contributed by atoms with van der Waals surface area (Å²) in [6.07, 6.45) is 0.175. The van der Waals surface area contributed by atoms with E-state index in [0.717, 1.165) is 0 Å². The molecule has 76 valence electrons. The van der Waals surface area contributed by atoms with Crippen LogP contribution in [0.4, 0.5) is 0 Å².